The number of aromatic nitrogens is 1. The van der Waals surface area contributed by atoms with E-state index in [0.717, 1.165) is 45.1 Å². The summed E-state index contributed by atoms with van der Waals surface area (Å²) in [5.41, 5.74) is 14.5. The maximum atomic E-state index is 6.71. The number of benzene rings is 10. The number of rotatable bonds is 3. The quantitative estimate of drug-likeness (QED) is 0.178. The second kappa shape index (κ2) is 12.2. The van der Waals surface area contributed by atoms with Gasteiger partial charge >= 0.3 is 0 Å². The van der Waals surface area contributed by atoms with Gasteiger partial charge in [0.05, 0.1) is 28.1 Å². The van der Waals surface area contributed by atoms with Crippen LogP contribution in [0.25, 0.3) is 82.1 Å². The van der Waals surface area contributed by atoms with E-state index in [2.05, 4.69) is 217 Å². The zero-order valence-electron chi connectivity index (χ0n) is 33.3. The van der Waals surface area contributed by atoms with Gasteiger partial charge in [-0.1, -0.05) is 153 Å². The van der Waals surface area contributed by atoms with E-state index in [-0.39, 0.29) is 5.41 Å². The molecule has 2 heterocycles. The van der Waals surface area contributed by atoms with Crippen LogP contribution in [0.3, 0.4) is 0 Å². The number of hydrogen-bond donors (Lipinski definition) is 0. The maximum Gasteiger partial charge on any atom is 0.152 e. The maximum absolute atomic E-state index is 6.71. The van der Waals surface area contributed by atoms with Crippen LogP contribution >= 0.6 is 0 Å². The van der Waals surface area contributed by atoms with Gasteiger partial charge in [0.1, 0.15) is 0 Å². The molecule has 2 aliphatic rings. The molecule has 282 valence electrons. The molecule has 0 fully saturated rings. The molecule has 1 aliphatic carbocycles. The highest BCUT2D eigenvalue weighted by Gasteiger charge is 2.36. The van der Waals surface area contributed by atoms with Gasteiger partial charge in [-0.15, -0.1) is 0 Å². The molecule has 0 amide bonds. The topological polar surface area (TPSA) is 17.4 Å². The molecule has 60 heavy (non-hydrogen) atoms. The van der Waals surface area contributed by atoms with Crippen molar-refractivity contribution >= 4 is 71.2 Å². The third-order valence-corrected chi connectivity index (χ3v) is 13.3. The molecule has 0 saturated heterocycles. The van der Waals surface area contributed by atoms with Crippen LogP contribution in [0, 0.1) is 0 Å². The molecule has 1 aromatic heterocycles. The Morgan fingerprint density at radius 2 is 1.12 bits per heavy atom. The molecular formula is C57H38N2O. The van der Waals surface area contributed by atoms with Crippen LogP contribution in [0.15, 0.2) is 194 Å². The van der Waals surface area contributed by atoms with Crippen molar-refractivity contribution in [3.8, 4) is 39.4 Å². The zero-order chi connectivity index (χ0) is 39.7. The SMILES string of the molecule is CC1(C)c2ccccc2-c2c1ccc1c(-n3c4ccc(-c5ccc6c(c5)N(c5ccccc5)c5c(ccc7ccccc57)O6)cc4c4c5ccccc5ccc43)cccc21. The van der Waals surface area contributed by atoms with Crippen LogP contribution in [0.2, 0.25) is 0 Å². The Kier molecular flexibility index (Phi) is 6.78. The van der Waals surface area contributed by atoms with E-state index < -0.39 is 0 Å². The molecule has 1 aliphatic heterocycles. The summed E-state index contributed by atoms with van der Waals surface area (Å²) in [5, 5.41) is 9.87. The Morgan fingerprint density at radius 3 is 2.00 bits per heavy atom. The lowest BCUT2D eigenvalue weighted by Crippen LogP contribution is -2.16. The molecule has 13 rings (SSSR count). The van der Waals surface area contributed by atoms with Crippen molar-refractivity contribution in [1.82, 2.24) is 4.57 Å². The summed E-state index contributed by atoms with van der Waals surface area (Å²) in [6.45, 7) is 4.72. The summed E-state index contributed by atoms with van der Waals surface area (Å²) in [4.78, 5) is 2.37. The van der Waals surface area contributed by atoms with Crippen LogP contribution < -0.4 is 9.64 Å². The first kappa shape index (κ1) is 33.4. The van der Waals surface area contributed by atoms with E-state index in [1.54, 1.807) is 0 Å². The highest BCUT2D eigenvalue weighted by atomic mass is 16.5. The summed E-state index contributed by atoms with van der Waals surface area (Å²) in [6, 6.07) is 71.1. The van der Waals surface area contributed by atoms with Crippen molar-refractivity contribution in [2.75, 3.05) is 4.90 Å². The number of hydrogen-bond acceptors (Lipinski definition) is 2. The Labute approximate surface area is 348 Å². The summed E-state index contributed by atoms with van der Waals surface area (Å²) in [7, 11) is 0. The van der Waals surface area contributed by atoms with Crippen molar-refractivity contribution in [2.24, 2.45) is 0 Å². The lowest BCUT2D eigenvalue weighted by molar-refractivity contribution is 0.478. The van der Waals surface area contributed by atoms with Crippen LogP contribution in [0.4, 0.5) is 17.1 Å². The van der Waals surface area contributed by atoms with Gasteiger partial charge in [0.25, 0.3) is 0 Å². The highest BCUT2D eigenvalue weighted by molar-refractivity contribution is 6.22. The molecule has 0 atom stereocenters. The molecular weight excluding hydrogens is 729 g/mol. The van der Waals surface area contributed by atoms with E-state index in [4.69, 9.17) is 4.74 Å². The lowest BCUT2D eigenvalue weighted by atomic mass is 9.82. The number of fused-ring (bicyclic) bond motifs is 14. The molecule has 0 N–H and O–H groups in total. The minimum atomic E-state index is -0.0591. The standard InChI is InChI=1S/C57H38N2O/c1-57(2)46-21-11-10-19-44(46)54-43-20-12-22-48(42(43)27-28-47(54)57)59-49-29-24-37(33-45(49)55-40-17-8-6-13-35(40)23-30-50(55)59)38-26-31-52-51(34-38)58(39-15-4-3-5-16-39)56-41-18-9-7-14-36(41)25-32-53(56)60-52/h3-34H,1-2H3. The lowest BCUT2D eigenvalue weighted by Gasteiger charge is -2.34. The van der Waals surface area contributed by atoms with Crippen molar-refractivity contribution in [3.05, 3.63) is 205 Å². The highest BCUT2D eigenvalue weighted by Crippen LogP contribution is 2.55. The average Bonchev–Trinajstić information content (AvgIpc) is 3.76. The van der Waals surface area contributed by atoms with E-state index in [1.165, 1.54) is 76.7 Å². The fourth-order valence-electron chi connectivity index (χ4n) is 10.6. The van der Waals surface area contributed by atoms with Crippen molar-refractivity contribution in [3.63, 3.8) is 0 Å². The van der Waals surface area contributed by atoms with Gasteiger partial charge in [-0.25, -0.2) is 0 Å². The van der Waals surface area contributed by atoms with E-state index >= 15 is 0 Å². The average molecular weight is 767 g/mol. The van der Waals surface area contributed by atoms with Crippen LogP contribution in [-0.4, -0.2) is 4.57 Å². The molecule has 0 saturated carbocycles. The van der Waals surface area contributed by atoms with Crippen LogP contribution in [0.5, 0.6) is 11.5 Å². The van der Waals surface area contributed by atoms with E-state index in [9.17, 15) is 0 Å². The van der Waals surface area contributed by atoms with Gasteiger partial charge in [0, 0.05) is 32.6 Å². The number of para-hydroxylation sites is 1. The predicted molar refractivity (Wildman–Crippen MR) is 251 cm³/mol. The van der Waals surface area contributed by atoms with Crippen molar-refractivity contribution in [1.29, 1.82) is 0 Å². The normalized spacial score (nSPS) is 13.7. The Balaban J connectivity index is 1.04. The summed E-state index contributed by atoms with van der Waals surface area (Å²) < 4.78 is 9.21. The van der Waals surface area contributed by atoms with Crippen LogP contribution in [0.1, 0.15) is 25.0 Å². The predicted octanol–water partition coefficient (Wildman–Crippen LogP) is 15.8. The van der Waals surface area contributed by atoms with E-state index in [0.29, 0.717) is 0 Å². The summed E-state index contributed by atoms with van der Waals surface area (Å²) >= 11 is 0. The largest absolute Gasteiger partial charge is 0.453 e. The first-order chi connectivity index (χ1) is 29.5. The molecule has 11 aromatic rings. The molecule has 0 unspecified atom stereocenters. The molecule has 0 spiro atoms. The molecule has 0 radical (unpaired) electrons. The second-order valence-electron chi connectivity index (χ2n) is 16.9. The third-order valence-electron chi connectivity index (χ3n) is 13.3. The van der Waals surface area contributed by atoms with Crippen LogP contribution in [-0.2, 0) is 5.41 Å². The first-order valence-electron chi connectivity index (χ1n) is 20.8. The van der Waals surface area contributed by atoms with Gasteiger partial charge in [-0.05, 0) is 110 Å². The fourth-order valence-corrected chi connectivity index (χ4v) is 10.6. The zero-order valence-corrected chi connectivity index (χ0v) is 33.3. The van der Waals surface area contributed by atoms with Gasteiger partial charge in [0.15, 0.2) is 11.5 Å². The smallest absolute Gasteiger partial charge is 0.152 e. The Hall–Kier alpha value is -7.62. The van der Waals surface area contributed by atoms with Crippen molar-refractivity contribution < 1.29 is 4.74 Å². The minimum absolute atomic E-state index is 0.0591. The molecule has 10 aromatic carbocycles. The van der Waals surface area contributed by atoms with Gasteiger partial charge < -0.3 is 14.2 Å². The second-order valence-corrected chi connectivity index (χ2v) is 16.9. The number of ether oxygens (including phenoxy) is 1. The summed E-state index contributed by atoms with van der Waals surface area (Å²) in [5.74, 6) is 1.69. The van der Waals surface area contributed by atoms with E-state index in [1.807, 2.05) is 0 Å². The number of anilines is 3. The minimum Gasteiger partial charge on any atom is -0.453 e. The molecule has 3 heteroatoms. The third kappa shape index (κ3) is 4.55. The fraction of sp³-hybridized carbons (Fsp3) is 0.0526. The van der Waals surface area contributed by atoms with Crippen molar-refractivity contribution in [2.45, 2.75) is 19.3 Å². The number of nitrogens with zero attached hydrogens (tertiary/aromatic N) is 2. The summed E-state index contributed by atoms with van der Waals surface area (Å²) in [6.07, 6.45) is 0. The van der Waals surface area contributed by atoms with Gasteiger partial charge in [-0.2, -0.15) is 0 Å². The monoisotopic (exact) mass is 766 g/mol. The van der Waals surface area contributed by atoms with Gasteiger partial charge in [-0.3, -0.25) is 0 Å². The molecule has 3 nitrogen and oxygen atoms in total. The van der Waals surface area contributed by atoms with Gasteiger partial charge in [0.2, 0.25) is 0 Å². The Morgan fingerprint density at radius 1 is 0.433 bits per heavy atom. The molecule has 0 bridgehead atoms. The Bertz CT molecular complexity index is 3610. The first-order valence-corrected chi connectivity index (χ1v) is 20.8.